The zero-order valence-electron chi connectivity index (χ0n) is 16.8. The number of amides is 2. The molecule has 0 radical (unpaired) electrons. The van der Waals surface area contributed by atoms with Gasteiger partial charge in [-0.1, -0.05) is 12.1 Å². The Bertz CT molecular complexity index is 978. The molecule has 0 atom stereocenters. The highest BCUT2D eigenvalue weighted by Gasteiger charge is 2.33. The molecule has 5 nitrogen and oxygen atoms in total. The zero-order valence-corrected chi connectivity index (χ0v) is 17.6. The van der Waals surface area contributed by atoms with Gasteiger partial charge in [-0.15, -0.1) is 11.8 Å². The third-order valence-electron chi connectivity index (χ3n) is 4.85. The number of piperazine rings is 1. The highest BCUT2D eigenvalue weighted by Crippen LogP contribution is 2.34. The molecule has 2 amide bonds. The van der Waals surface area contributed by atoms with Gasteiger partial charge in [-0.2, -0.15) is 13.2 Å². The van der Waals surface area contributed by atoms with E-state index in [1.54, 1.807) is 9.80 Å². The van der Waals surface area contributed by atoms with Crippen LogP contribution < -0.4 is 5.32 Å². The van der Waals surface area contributed by atoms with Gasteiger partial charge in [-0.3, -0.25) is 14.5 Å². The lowest BCUT2D eigenvalue weighted by Crippen LogP contribution is -2.50. The monoisotopic (exact) mass is 473 g/mol. The number of nitrogens with zero attached hydrogens (tertiary/aromatic N) is 2. The molecular weight excluding hydrogens is 453 g/mol. The van der Waals surface area contributed by atoms with E-state index in [4.69, 9.17) is 0 Å². The molecule has 2 aromatic rings. The molecule has 1 aliphatic heterocycles. The average molecular weight is 473 g/mol. The van der Waals surface area contributed by atoms with E-state index < -0.39 is 29.3 Å². The Kier molecular flexibility index (Phi) is 7.73. The third-order valence-corrected chi connectivity index (χ3v) is 5.83. The van der Waals surface area contributed by atoms with Crippen LogP contribution in [0.2, 0.25) is 0 Å². The van der Waals surface area contributed by atoms with Crippen molar-refractivity contribution in [1.82, 2.24) is 9.80 Å². The Labute approximate surface area is 185 Å². The Morgan fingerprint density at radius 2 is 1.66 bits per heavy atom. The molecule has 0 saturated carbocycles. The lowest BCUT2D eigenvalue weighted by atomic mass is 10.1. The molecule has 2 aromatic carbocycles. The summed E-state index contributed by atoms with van der Waals surface area (Å²) in [7, 11) is 0. The molecule has 0 aliphatic carbocycles. The summed E-state index contributed by atoms with van der Waals surface area (Å²) in [5.74, 6) is -2.63. The average Bonchev–Trinajstić information content (AvgIpc) is 2.74. The van der Waals surface area contributed by atoms with Crippen LogP contribution in [0, 0.1) is 11.6 Å². The van der Waals surface area contributed by atoms with Crippen molar-refractivity contribution in [3.63, 3.8) is 0 Å². The molecule has 1 fully saturated rings. The molecule has 0 spiro atoms. The maximum absolute atomic E-state index is 13.2. The van der Waals surface area contributed by atoms with Gasteiger partial charge in [0, 0.05) is 31.1 Å². The van der Waals surface area contributed by atoms with Gasteiger partial charge >= 0.3 is 6.18 Å². The van der Waals surface area contributed by atoms with Gasteiger partial charge in [0.15, 0.2) is 11.6 Å². The smallest absolute Gasteiger partial charge is 0.339 e. The highest BCUT2D eigenvalue weighted by atomic mass is 32.2. The maximum atomic E-state index is 13.2. The molecule has 0 unspecified atom stereocenters. The van der Waals surface area contributed by atoms with Gasteiger partial charge in [-0.05, 0) is 30.3 Å². The molecule has 1 aliphatic rings. The highest BCUT2D eigenvalue weighted by molar-refractivity contribution is 8.00. The molecule has 32 heavy (non-hydrogen) atoms. The summed E-state index contributed by atoms with van der Waals surface area (Å²) in [6.07, 6.45) is -4.58. The Morgan fingerprint density at radius 1 is 0.969 bits per heavy atom. The number of carbonyl (C=O) groups is 2. The first-order valence-corrected chi connectivity index (χ1v) is 10.7. The van der Waals surface area contributed by atoms with Crippen molar-refractivity contribution in [1.29, 1.82) is 0 Å². The zero-order chi connectivity index (χ0) is 23.3. The lowest BCUT2D eigenvalue weighted by molar-refractivity contribution is -0.137. The van der Waals surface area contributed by atoms with Crippen LogP contribution in [0.3, 0.4) is 0 Å². The van der Waals surface area contributed by atoms with Gasteiger partial charge in [0.05, 0.1) is 23.5 Å². The predicted octanol–water partition coefficient (Wildman–Crippen LogP) is 3.86. The van der Waals surface area contributed by atoms with Crippen molar-refractivity contribution in [3.8, 4) is 0 Å². The van der Waals surface area contributed by atoms with Crippen molar-refractivity contribution in [2.24, 2.45) is 0 Å². The summed E-state index contributed by atoms with van der Waals surface area (Å²) < 4.78 is 65.4. The topological polar surface area (TPSA) is 52.7 Å². The SMILES string of the molecule is O=C(CN1CCN(C(=O)CSc2ccc(F)c(F)c2)CC1)Nc1ccccc1C(F)(F)F. The minimum atomic E-state index is -4.58. The Balaban J connectivity index is 1.45. The number of alkyl halides is 3. The normalized spacial score (nSPS) is 15.0. The Hall–Kier alpha value is -2.66. The van der Waals surface area contributed by atoms with E-state index in [9.17, 15) is 31.5 Å². The van der Waals surface area contributed by atoms with Crippen molar-refractivity contribution >= 4 is 29.3 Å². The number of halogens is 5. The van der Waals surface area contributed by atoms with E-state index in [1.807, 2.05) is 0 Å². The van der Waals surface area contributed by atoms with E-state index in [0.29, 0.717) is 31.1 Å². The minimum Gasteiger partial charge on any atom is -0.339 e. The molecule has 172 valence electrons. The number of carbonyl (C=O) groups excluding carboxylic acids is 2. The van der Waals surface area contributed by atoms with Crippen molar-refractivity contribution in [2.75, 3.05) is 43.8 Å². The number of anilines is 1. The van der Waals surface area contributed by atoms with Crippen LogP contribution in [-0.2, 0) is 15.8 Å². The number of rotatable bonds is 6. The van der Waals surface area contributed by atoms with Crippen LogP contribution in [0.4, 0.5) is 27.6 Å². The van der Waals surface area contributed by atoms with E-state index in [2.05, 4.69) is 5.32 Å². The molecule has 1 N–H and O–H groups in total. The summed E-state index contributed by atoms with van der Waals surface area (Å²) in [6.45, 7) is 1.37. The van der Waals surface area contributed by atoms with Gasteiger partial charge in [0.1, 0.15) is 0 Å². The van der Waals surface area contributed by atoms with Gasteiger partial charge in [-0.25, -0.2) is 8.78 Å². The van der Waals surface area contributed by atoms with Crippen LogP contribution >= 0.6 is 11.8 Å². The summed E-state index contributed by atoms with van der Waals surface area (Å²) in [5, 5.41) is 2.30. The van der Waals surface area contributed by atoms with Crippen LogP contribution in [0.15, 0.2) is 47.4 Å². The maximum Gasteiger partial charge on any atom is 0.418 e. The van der Waals surface area contributed by atoms with Gasteiger partial charge in [0.2, 0.25) is 11.8 Å². The first-order chi connectivity index (χ1) is 15.1. The molecule has 0 aromatic heterocycles. The van der Waals surface area contributed by atoms with E-state index in [0.717, 1.165) is 30.0 Å². The number of hydrogen-bond acceptors (Lipinski definition) is 4. The van der Waals surface area contributed by atoms with E-state index >= 15 is 0 Å². The summed E-state index contributed by atoms with van der Waals surface area (Å²) in [5.41, 5.74) is -1.21. The fraction of sp³-hybridized carbons (Fsp3) is 0.333. The first kappa shape index (κ1) is 24.0. The molecule has 1 heterocycles. The molecule has 11 heteroatoms. The number of thioether (sulfide) groups is 1. The van der Waals surface area contributed by atoms with Gasteiger partial charge in [0.25, 0.3) is 0 Å². The second-order valence-corrected chi connectivity index (χ2v) is 8.16. The summed E-state index contributed by atoms with van der Waals surface area (Å²) in [6, 6.07) is 8.18. The number of nitrogens with one attached hydrogen (secondary N) is 1. The Morgan fingerprint density at radius 3 is 2.31 bits per heavy atom. The third kappa shape index (κ3) is 6.42. The van der Waals surface area contributed by atoms with Crippen molar-refractivity contribution < 1.29 is 31.5 Å². The van der Waals surface area contributed by atoms with Gasteiger partial charge < -0.3 is 10.2 Å². The summed E-state index contributed by atoms with van der Waals surface area (Å²) in [4.78, 5) is 28.4. The number of benzene rings is 2. The van der Waals surface area contributed by atoms with Crippen LogP contribution in [0.5, 0.6) is 0 Å². The van der Waals surface area contributed by atoms with Crippen LogP contribution in [-0.4, -0.2) is 60.1 Å². The van der Waals surface area contributed by atoms with Crippen molar-refractivity contribution in [3.05, 3.63) is 59.7 Å². The standard InChI is InChI=1S/C21H20F5N3O2S/c22-16-6-5-14(11-17(16)23)32-13-20(31)29-9-7-28(8-10-29)12-19(30)27-18-4-2-1-3-15(18)21(24,25)26/h1-6,11H,7-10,12-13H2,(H,27,30). The second kappa shape index (κ2) is 10.3. The molecular formula is C21H20F5N3O2S. The quantitative estimate of drug-likeness (QED) is 0.512. The minimum absolute atomic E-state index is 0.0553. The van der Waals surface area contributed by atoms with Crippen molar-refractivity contribution in [2.45, 2.75) is 11.1 Å². The first-order valence-electron chi connectivity index (χ1n) is 9.67. The molecule has 1 saturated heterocycles. The molecule has 0 bridgehead atoms. The van der Waals surface area contributed by atoms with Crippen LogP contribution in [0.25, 0.3) is 0 Å². The number of hydrogen-bond donors (Lipinski definition) is 1. The van der Waals surface area contributed by atoms with E-state index in [1.165, 1.54) is 24.3 Å². The second-order valence-electron chi connectivity index (χ2n) is 7.11. The largest absolute Gasteiger partial charge is 0.418 e. The fourth-order valence-electron chi connectivity index (χ4n) is 3.19. The number of para-hydroxylation sites is 1. The predicted molar refractivity (Wildman–Crippen MR) is 110 cm³/mol. The molecule has 3 rings (SSSR count). The fourth-order valence-corrected chi connectivity index (χ4v) is 4.01. The summed E-state index contributed by atoms with van der Waals surface area (Å²) >= 11 is 1.09. The lowest BCUT2D eigenvalue weighted by Gasteiger charge is -2.34. The van der Waals surface area contributed by atoms with Crippen LogP contribution in [0.1, 0.15) is 5.56 Å². The van der Waals surface area contributed by atoms with E-state index in [-0.39, 0.29) is 23.9 Å².